The van der Waals surface area contributed by atoms with Crippen molar-refractivity contribution in [3.63, 3.8) is 0 Å². The van der Waals surface area contributed by atoms with Crippen LogP contribution in [0.4, 0.5) is 0 Å². The second-order valence-corrected chi connectivity index (χ2v) is 8.11. The lowest BCUT2D eigenvalue weighted by Crippen LogP contribution is -2.47. The predicted molar refractivity (Wildman–Crippen MR) is 114 cm³/mol. The highest BCUT2D eigenvalue weighted by atomic mass is 16.5. The maximum absolute atomic E-state index is 13.0. The number of benzene rings is 1. The third-order valence-corrected chi connectivity index (χ3v) is 5.88. The average molecular weight is 400 g/mol. The molecule has 2 aliphatic rings. The molecule has 0 aliphatic carbocycles. The Hall–Kier alpha value is -2.34. The zero-order valence-electron chi connectivity index (χ0n) is 17.5. The smallest absolute Gasteiger partial charge is 0.253 e. The van der Waals surface area contributed by atoms with Gasteiger partial charge in [-0.05, 0) is 50.4 Å². The summed E-state index contributed by atoms with van der Waals surface area (Å²) in [6, 6.07) is 7.33. The number of likely N-dealkylation sites (tertiary alicyclic amines) is 1. The molecule has 158 valence electrons. The lowest BCUT2D eigenvalue weighted by molar-refractivity contribution is -0.133. The molecule has 0 unspecified atom stereocenters. The minimum absolute atomic E-state index is 0.0455. The van der Waals surface area contributed by atoms with Crippen LogP contribution >= 0.6 is 0 Å². The van der Waals surface area contributed by atoms with E-state index >= 15 is 0 Å². The number of hydrogen-bond acceptors (Lipinski definition) is 4. The SMILES string of the molecule is C=CCOc1cccc(C(=O)N2CCC[C@H](CCC(=O)N3CCN(C)CC3)C2)c1. The van der Waals surface area contributed by atoms with Gasteiger partial charge in [0, 0.05) is 51.3 Å². The molecule has 6 heteroatoms. The first-order valence-corrected chi connectivity index (χ1v) is 10.7. The first-order valence-electron chi connectivity index (χ1n) is 10.7. The van der Waals surface area contributed by atoms with Crippen molar-refractivity contribution in [3.05, 3.63) is 42.5 Å². The van der Waals surface area contributed by atoms with Gasteiger partial charge in [0.2, 0.25) is 5.91 Å². The Morgan fingerprint density at radius 2 is 1.97 bits per heavy atom. The molecule has 3 rings (SSSR count). The van der Waals surface area contributed by atoms with Crippen molar-refractivity contribution in [1.29, 1.82) is 0 Å². The van der Waals surface area contributed by atoms with Crippen LogP contribution in [0, 0.1) is 5.92 Å². The maximum atomic E-state index is 13.0. The van der Waals surface area contributed by atoms with Gasteiger partial charge in [0.25, 0.3) is 5.91 Å². The molecular formula is C23H33N3O3. The summed E-state index contributed by atoms with van der Waals surface area (Å²) in [6.45, 7) is 9.14. The van der Waals surface area contributed by atoms with Gasteiger partial charge in [-0.15, -0.1) is 0 Å². The molecule has 29 heavy (non-hydrogen) atoms. The summed E-state index contributed by atoms with van der Waals surface area (Å²) < 4.78 is 5.55. The molecule has 2 saturated heterocycles. The minimum atomic E-state index is 0.0455. The van der Waals surface area contributed by atoms with Crippen LogP contribution in [0.1, 0.15) is 36.0 Å². The Morgan fingerprint density at radius 1 is 1.17 bits per heavy atom. The van der Waals surface area contributed by atoms with E-state index in [1.54, 1.807) is 12.1 Å². The summed E-state index contributed by atoms with van der Waals surface area (Å²) in [5, 5.41) is 0. The second-order valence-electron chi connectivity index (χ2n) is 8.11. The quantitative estimate of drug-likeness (QED) is 0.662. The fraction of sp³-hybridized carbons (Fsp3) is 0.565. The molecule has 2 fully saturated rings. The van der Waals surface area contributed by atoms with Gasteiger partial charge in [0.05, 0.1) is 0 Å². The second kappa shape index (κ2) is 10.4. The molecule has 2 heterocycles. The van der Waals surface area contributed by atoms with Crippen molar-refractivity contribution >= 4 is 11.8 Å². The van der Waals surface area contributed by atoms with E-state index < -0.39 is 0 Å². The van der Waals surface area contributed by atoms with Gasteiger partial charge < -0.3 is 19.4 Å². The van der Waals surface area contributed by atoms with Crippen molar-refractivity contribution < 1.29 is 14.3 Å². The van der Waals surface area contributed by atoms with Crippen LogP contribution in [0.2, 0.25) is 0 Å². The fourth-order valence-electron chi connectivity index (χ4n) is 4.08. The Kier molecular flexibility index (Phi) is 7.69. The van der Waals surface area contributed by atoms with Gasteiger partial charge >= 0.3 is 0 Å². The van der Waals surface area contributed by atoms with Crippen LogP contribution in [0.25, 0.3) is 0 Å². The number of piperazine rings is 1. The highest BCUT2D eigenvalue weighted by molar-refractivity contribution is 5.94. The lowest BCUT2D eigenvalue weighted by atomic mass is 9.92. The zero-order valence-corrected chi connectivity index (χ0v) is 17.5. The van der Waals surface area contributed by atoms with E-state index in [1.807, 2.05) is 28.0 Å². The summed E-state index contributed by atoms with van der Waals surface area (Å²) >= 11 is 0. The molecule has 1 aromatic carbocycles. The van der Waals surface area contributed by atoms with Crippen LogP contribution in [-0.2, 0) is 4.79 Å². The molecule has 2 aliphatic heterocycles. The van der Waals surface area contributed by atoms with Crippen LogP contribution in [-0.4, -0.2) is 79.4 Å². The molecule has 1 aromatic rings. The molecule has 0 aromatic heterocycles. The third-order valence-electron chi connectivity index (χ3n) is 5.88. The minimum Gasteiger partial charge on any atom is -0.490 e. The number of amides is 2. The molecule has 6 nitrogen and oxygen atoms in total. The fourth-order valence-corrected chi connectivity index (χ4v) is 4.08. The number of likely N-dealkylation sites (N-methyl/N-ethyl adjacent to an activating group) is 1. The molecule has 0 radical (unpaired) electrons. The predicted octanol–water partition coefficient (Wildman–Crippen LogP) is 2.66. The first kappa shape index (κ1) is 21.4. The average Bonchev–Trinajstić information content (AvgIpc) is 2.76. The molecule has 0 saturated carbocycles. The van der Waals surface area contributed by atoms with Crippen molar-refractivity contribution in [1.82, 2.24) is 14.7 Å². The van der Waals surface area contributed by atoms with E-state index in [-0.39, 0.29) is 11.8 Å². The van der Waals surface area contributed by atoms with Crippen molar-refractivity contribution in [3.8, 4) is 5.75 Å². The van der Waals surface area contributed by atoms with Crippen molar-refractivity contribution in [2.45, 2.75) is 25.7 Å². The van der Waals surface area contributed by atoms with Crippen LogP contribution in [0.3, 0.4) is 0 Å². The van der Waals surface area contributed by atoms with Crippen molar-refractivity contribution in [2.24, 2.45) is 5.92 Å². The Bertz CT molecular complexity index is 713. The summed E-state index contributed by atoms with van der Waals surface area (Å²) in [6.07, 6.45) is 5.21. The van der Waals surface area contributed by atoms with Crippen LogP contribution in [0.15, 0.2) is 36.9 Å². The van der Waals surface area contributed by atoms with E-state index in [0.717, 1.165) is 58.5 Å². The zero-order chi connectivity index (χ0) is 20.6. The van der Waals surface area contributed by atoms with E-state index in [0.29, 0.717) is 30.3 Å². The van der Waals surface area contributed by atoms with E-state index in [9.17, 15) is 9.59 Å². The molecular weight excluding hydrogens is 366 g/mol. The van der Waals surface area contributed by atoms with Gasteiger partial charge in [-0.2, -0.15) is 0 Å². The largest absolute Gasteiger partial charge is 0.490 e. The van der Waals surface area contributed by atoms with Gasteiger partial charge in [-0.1, -0.05) is 18.7 Å². The maximum Gasteiger partial charge on any atom is 0.253 e. The van der Waals surface area contributed by atoms with Crippen molar-refractivity contribution in [2.75, 3.05) is 52.9 Å². The van der Waals surface area contributed by atoms with Gasteiger partial charge in [-0.25, -0.2) is 0 Å². The number of carbonyl (C=O) groups is 2. The lowest BCUT2D eigenvalue weighted by Gasteiger charge is -2.34. The van der Waals surface area contributed by atoms with Gasteiger partial charge in [0.15, 0.2) is 0 Å². The van der Waals surface area contributed by atoms with E-state index in [4.69, 9.17) is 4.74 Å². The Balaban J connectivity index is 1.50. The first-order chi connectivity index (χ1) is 14.1. The van der Waals surface area contributed by atoms with Gasteiger partial charge in [-0.3, -0.25) is 9.59 Å². The molecule has 0 N–H and O–H groups in total. The topological polar surface area (TPSA) is 53.1 Å². The number of hydrogen-bond donors (Lipinski definition) is 0. The van der Waals surface area contributed by atoms with Crippen LogP contribution < -0.4 is 4.74 Å². The summed E-state index contributed by atoms with van der Waals surface area (Å²) in [5.74, 6) is 1.38. The van der Waals surface area contributed by atoms with E-state index in [2.05, 4.69) is 18.5 Å². The Morgan fingerprint density at radius 3 is 2.72 bits per heavy atom. The standard InChI is InChI=1S/C23H33N3O3/c1-3-16-29-21-8-4-7-20(17-21)23(28)26-11-5-6-19(18-26)9-10-22(27)25-14-12-24(2)13-15-25/h3-4,7-8,17,19H,1,5-6,9-16,18H2,2H3/t19-/m1/s1. The molecule has 2 amide bonds. The monoisotopic (exact) mass is 399 g/mol. The molecule has 0 bridgehead atoms. The van der Waals surface area contributed by atoms with Crippen LogP contribution in [0.5, 0.6) is 5.75 Å². The third kappa shape index (κ3) is 6.07. The number of carbonyl (C=O) groups excluding carboxylic acids is 2. The number of rotatable bonds is 7. The summed E-state index contributed by atoms with van der Waals surface area (Å²) in [7, 11) is 2.09. The number of ether oxygens (including phenoxy) is 1. The van der Waals surface area contributed by atoms with E-state index in [1.165, 1.54) is 0 Å². The Labute approximate surface area is 174 Å². The highest BCUT2D eigenvalue weighted by Gasteiger charge is 2.26. The normalized spacial score (nSPS) is 20.4. The number of piperidine rings is 1. The van der Waals surface area contributed by atoms with Gasteiger partial charge in [0.1, 0.15) is 12.4 Å². The summed E-state index contributed by atoms with van der Waals surface area (Å²) in [4.78, 5) is 31.6. The number of nitrogens with zero attached hydrogens (tertiary/aromatic N) is 3. The molecule has 1 atom stereocenters. The highest BCUT2D eigenvalue weighted by Crippen LogP contribution is 2.24. The molecule has 0 spiro atoms. The summed E-state index contributed by atoms with van der Waals surface area (Å²) in [5.41, 5.74) is 0.653.